The van der Waals surface area contributed by atoms with Crippen molar-refractivity contribution >= 4 is 22.3 Å². The van der Waals surface area contributed by atoms with Gasteiger partial charge >= 0.3 is 5.97 Å². The number of likely N-dealkylation sites (N-methyl/N-ethyl adjacent to an activating group) is 1. The highest BCUT2D eigenvalue weighted by Gasteiger charge is 2.42. The molecule has 2 bridgehead atoms. The molecule has 19 heavy (non-hydrogen) atoms. The number of rotatable bonds is 3. The molecule has 1 aromatic rings. The Hall–Kier alpha value is -1.07. The van der Waals surface area contributed by atoms with Gasteiger partial charge in [0.05, 0.1) is 12.2 Å². The minimum atomic E-state index is -0.243. The van der Waals surface area contributed by atoms with Crippen LogP contribution in [0.5, 0.6) is 0 Å². The Kier molecular flexibility index (Phi) is 3.27. The minimum Gasteiger partial charge on any atom is -0.462 e. The lowest BCUT2D eigenvalue weighted by Crippen LogP contribution is -2.41. The van der Waals surface area contributed by atoms with Gasteiger partial charge in [-0.15, -0.1) is 11.3 Å². The number of fused-ring (bicyclic) bond motifs is 2. The first kappa shape index (κ1) is 12.9. The zero-order chi connectivity index (χ0) is 13.6. The Morgan fingerprint density at radius 3 is 2.95 bits per heavy atom. The van der Waals surface area contributed by atoms with E-state index in [1.54, 1.807) is 11.3 Å². The number of nitrogen functional groups attached to an aromatic ring is 1. The van der Waals surface area contributed by atoms with Crippen molar-refractivity contribution in [1.29, 1.82) is 0 Å². The number of carbonyl (C=O) groups excluding carboxylic acids is 1. The number of carbonyl (C=O) groups is 1. The van der Waals surface area contributed by atoms with Crippen LogP contribution in [-0.2, 0) is 4.74 Å². The van der Waals surface area contributed by atoms with Crippen molar-refractivity contribution in [3.05, 3.63) is 16.0 Å². The Balaban J connectivity index is 2.05. The van der Waals surface area contributed by atoms with Crippen molar-refractivity contribution in [3.8, 4) is 0 Å². The fourth-order valence-electron chi connectivity index (χ4n) is 3.47. The third-order valence-corrected chi connectivity index (χ3v) is 5.42. The van der Waals surface area contributed by atoms with Gasteiger partial charge in [-0.1, -0.05) is 6.92 Å². The van der Waals surface area contributed by atoms with E-state index >= 15 is 0 Å². The van der Waals surface area contributed by atoms with E-state index in [2.05, 4.69) is 11.8 Å². The lowest BCUT2D eigenvalue weighted by atomic mass is 9.77. The van der Waals surface area contributed by atoms with Gasteiger partial charge in [0.25, 0.3) is 0 Å². The number of ether oxygens (including phenoxy) is 1. The number of nitrogens with two attached hydrogens (primary N) is 1. The summed E-state index contributed by atoms with van der Waals surface area (Å²) in [7, 11) is 0. The fourth-order valence-corrected chi connectivity index (χ4v) is 4.79. The predicted molar refractivity (Wildman–Crippen MR) is 76.7 cm³/mol. The quantitative estimate of drug-likeness (QED) is 0.865. The van der Waals surface area contributed by atoms with E-state index < -0.39 is 0 Å². The smallest absolute Gasteiger partial charge is 0.341 e. The van der Waals surface area contributed by atoms with Crippen LogP contribution < -0.4 is 5.73 Å². The summed E-state index contributed by atoms with van der Waals surface area (Å²) in [6.07, 6.45) is 2.35. The molecule has 1 fully saturated rings. The molecular formula is C14H20N2O2S. The van der Waals surface area contributed by atoms with Gasteiger partial charge in [0, 0.05) is 17.5 Å². The fraction of sp³-hybridized carbons (Fsp3) is 0.643. The lowest BCUT2D eigenvalue weighted by molar-refractivity contribution is 0.0521. The molecule has 1 aromatic heterocycles. The van der Waals surface area contributed by atoms with Gasteiger partial charge in [-0.3, -0.25) is 4.90 Å². The van der Waals surface area contributed by atoms with Crippen molar-refractivity contribution in [2.75, 3.05) is 25.4 Å². The standard InChI is InChI=1S/C14H20N2O2S/c1-3-16-7-8-5-6-9(16)12-10(8)11(13(15)19-12)14(17)18-4-2/h8-9H,3-7,15H2,1-2H3. The molecule has 3 heterocycles. The second kappa shape index (κ2) is 4.80. The van der Waals surface area contributed by atoms with Crippen molar-refractivity contribution in [2.24, 2.45) is 0 Å². The van der Waals surface area contributed by atoms with Gasteiger partial charge in [-0.05, 0) is 37.8 Å². The molecule has 1 aliphatic carbocycles. The number of hydrogen-bond donors (Lipinski definition) is 1. The van der Waals surface area contributed by atoms with Crippen LogP contribution in [0.25, 0.3) is 0 Å². The molecule has 0 amide bonds. The Morgan fingerprint density at radius 2 is 2.26 bits per heavy atom. The number of thiophene rings is 1. The number of piperidine rings is 1. The van der Waals surface area contributed by atoms with Crippen LogP contribution in [0.3, 0.4) is 0 Å². The summed E-state index contributed by atoms with van der Waals surface area (Å²) in [5, 5.41) is 0.637. The minimum absolute atomic E-state index is 0.243. The number of anilines is 1. The maximum atomic E-state index is 12.1. The van der Waals surface area contributed by atoms with E-state index in [4.69, 9.17) is 10.5 Å². The third kappa shape index (κ3) is 1.87. The normalized spacial score (nSPS) is 25.4. The molecule has 0 saturated carbocycles. The van der Waals surface area contributed by atoms with Gasteiger partial charge in [0.15, 0.2) is 0 Å². The van der Waals surface area contributed by atoms with Gasteiger partial charge in [-0.25, -0.2) is 4.79 Å². The summed E-state index contributed by atoms with van der Waals surface area (Å²) < 4.78 is 5.17. The van der Waals surface area contributed by atoms with E-state index in [1.807, 2.05) is 6.92 Å². The highest BCUT2D eigenvalue weighted by molar-refractivity contribution is 7.16. The van der Waals surface area contributed by atoms with Crippen LogP contribution in [-0.4, -0.2) is 30.6 Å². The Morgan fingerprint density at radius 1 is 1.47 bits per heavy atom. The van der Waals surface area contributed by atoms with Gasteiger partial charge in [-0.2, -0.15) is 0 Å². The van der Waals surface area contributed by atoms with Crippen LogP contribution in [0.15, 0.2) is 0 Å². The second-order valence-corrected chi connectivity index (χ2v) is 6.30. The summed E-state index contributed by atoms with van der Waals surface area (Å²) >= 11 is 1.59. The molecule has 104 valence electrons. The van der Waals surface area contributed by atoms with Crippen molar-refractivity contribution in [3.63, 3.8) is 0 Å². The average Bonchev–Trinajstić information content (AvgIpc) is 2.77. The largest absolute Gasteiger partial charge is 0.462 e. The molecular weight excluding hydrogens is 260 g/mol. The molecule has 1 saturated heterocycles. The maximum absolute atomic E-state index is 12.1. The van der Waals surface area contributed by atoms with Crippen LogP contribution >= 0.6 is 11.3 Å². The lowest BCUT2D eigenvalue weighted by Gasteiger charge is -2.44. The zero-order valence-electron chi connectivity index (χ0n) is 11.4. The van der Waals surface area contributed by atoms with Gasteiger partial charge in [0.1, 0.15) is 5.00 Å². The van der Waals surface area contributed by atoms with E-state index in [0.717, 1.165) is 19.5 Å². The summed E-state index contributed by atoms with van der Waals surface area (Å²) in [5.74, 6) is 0.209. The van der Waals surface area contributed by atoms with Crippen LogP contribution in [0.2, 0.25) is 0 Å². The molecule has 4 rings (SSSR count). The summed E-state index contributed by atoms with van der Waals surface area (Å²) in [6.45, 7) is 6.55. The van der Waals surface area contributed by atoms with Crippen LogP contribution in [0.1, 0.15) is 59.4 Å². The molecule has 0 aromatic carbocycles. The molecule has 2 N–H and O–H groups in total. The van der Waals surface area contributed by atoms with E-state index in [0.29, 0.717) is 29.1 Å². The second-order valence-electron chi connectivity index (χ2n) is 5.22. The van der Waals surface area contributed by atoms with Crippen molar-refractivity contribution in [1.82, 2.24) is 4.90 Å². The molecule has 2 atom stereocenters. The van der Waals surface area contributed by atoms with Crippen molar-refractivity contribution < 1.29 is 9.53 Å². The molecule has 4 nitrogen and oxygen atoms in total. The Labute approximate surface area is 117 Å². The molecule has 5 heteroatoms. The average molecular weight is 280 g/mol. The first-order valence-corrected chi connectivity index (χ1v) is 7.82. The summed E-state index contributed by atoms with van der Waals surface area (Å²) in [6, 6.07) is 0.459. The van der Waals surface area contributed by atoms with Crippen LogP contribution in [0, 0.1) is 0 Å². The molecule has 0 spiro atoms. The Bertz CT molecular complexity index is 512. The molecule has 2 unspecified atom stereocenters. The molecule has 3 aliphatic rings. The monoisotopic (exact) mass is 280 g/mol. The van der Waals surface area contributed by atoms with E-state index in [9.17, 15) is 4.79 Å². The molecule has 0 radical (unpaired) electrons. The SMILES string of the molecule is CCOC(=O)c1c(N)sc2c1C1CCC2N(CC)C1. The molecule has 2 aliphatic heterocycles. The van der Waals surface area contributed by atoms with Gasteiger partial charge in [0.2, 0.25) is 0 Å². The van der Waals surface area contributed by atoms with Crippen molar-refractivity contribution in [2.45, 2.75) is 38.6 Å². The van der Waals surface area contributed by atoms with Crippen LogP contribution in [0.4, 0.5) is 5.00 Å². The first-order chi connectivity index (χ1) is 9.17. The third-order valence-electron chi connectivity index (χ3n) is 4.28. The van der Waals surface area contributed by atoms with Gasteiger partial charge < -0.3 is 10.5 Å². The maximum Gasteiger partial charge on any atom is 0.341 e. The zero-order valence-corrected chi connectivity index (χ0v) is 12.3. The number of esters is 1. The highest BCUT2D eigenvalue weighted by atomic mass is 32.1. The summed E-state index contributed by atoms with van der Waals surface area (Å²) in [4.78, 5) is 15.9. The predicted octanol–water partition coefficient (Wildman–Crippen LogP) is 2.76. The first-order valence-electron chi connectivity index (χ1n) is 7.00. The number of hydrogen-bond acceptors (Lipinski definition) is 5. The van der Waals surface area contributed by atoms with E-state index in [1.165, 1.54) is 16.9 Å². The summed E-state index contributed by atoms with van der Waals surface area (Å²) in [5.41, 5.74) is 7.95. The topological polar surface area (TPSA) is 55.6 Å². The highest BCUT2D eigenvalue weighted by Crippen LogP contribution is 2.52. The van der Waals surface area contributed by atoms with E-state index in [-0.39, 0.29) is 5.97 Å². The number of nitrogens with zero attached hydrogens (tertiary/aromatic N) is 1.